The summed E-state index contributed by atoms with van der Waals surface area (Å²) < 4.78 is 25.7. The molecule has 0 aromatic heterocycles. The largest absolute Gasteiger partial charge is 0.310 e. The fourth-order valence-electron chi connectivity index (χ4n) is 2.52. The highest BCUT2D eigenvalue weighted by Gasteiger charge is 2.33. The van der Waals surface area contributed by atoms with Crippen molar-refractivity contribution in [1.29, 1.82) is 0 Å². The first-order valence-electron chi connectivity index (χ1n) is 5.96. The summed E-state index contributed by atoms with van der Waals surface area (Å²) in [7, 11) is -3.07. The van der Waals surface area contributed by atoms with Crippen LogP contribution in [0, 0.1) is 0 Å². The van der Waals surface area contributed by atoms with Gasteiger partial charge in [-0.25, -0.2) is 12.7 Å². The van der Waals surface area contributed by atoms with E-state index in [1.807, 2.05) is 0 Å². The molecule has 2 heterocycles. The van der Waals surface area contributed by atoms with E-state index in [-0.39, 0.29) is 18.2 Å². The number of hydrogen-bond acceptors (Lipinski definition) is 3. The smallest absolute Gasteiger partial charge is 0.214 e. The first-order chi connectivity index (χ1) is 7.62. The molecule has 2 aliphatic heterocycles. The zero-order valence-electron chi connectivity index (χ0n) is 9.97. The van der Waals surface area contributed by atoms with Gasteiger partial charge >= 0.3 is 0 Å². The SMILES string of the molecule is C=CCCS(=O)(=O)N1CCC2CCC(C1)N2.Cl. The van der Waals surface area contributed by atoms with Crippen LogP contribution in [0.25, 0.3) is 0 Å². The lowest BCUT2D eigenvalue weighted by molar-refractivity contribution is 0.383. The minimum Gasteiger partial charge on any atom is -0.310 e. The molecule has 0 saturated carbocycles. The van der Waals surface area contributed by atoms with Crippen LogP contribution in [0.4, 0.5) is 0 Å². The predicted octanol–water partition coefficient (Wildman–Crippen LogP) is 1.14. The summed E-state index contributed by atoms with van der Waals surface area (Å²) in [5, 5.41) is 3.48. The molecule has 2 saturated heterocycles. The summed E-state index contributed by atoms with van der Waals surface area (Å²) in [6.07, 6.45) is 5.47. The van der Waals surface area contributed by atoms with Crippen molar-refractivity contribution in [3.63, 3.8) is 0 Å². The Morgan fingerprint density at radius 2 is 2.00 bits per heavy atom. The zero-order chi connectivity index (χ0) is 11.6. The number of rotatable bonds is 4. The standard InChI is InChI=1S/C11H20N2O2S.ClH/c1-2-3-8-16(14,15)13-7-6-10-4-5-11(9-13)12-10;/h2,10-12H,1,3-9H2;1H. The summed E-state index contributed by atoms with van der Waals surface area (Å²) >= 11 is 0. The van der Waals surface area contributed by atoms with E-state index in [2.05, 4.69) is 11.9 Å². The molecule has 0 aromatic carbocycles. The van der Waals surface area contributed by atoms with Gasteiger partial charge in [-0.3, -0.25) is 0 Å². The Morgan fingerprint density at radius 3 is 2.71 bits per heavy atom. The van der Waals surface area contributed by atoms with Crippen molar-refractivity contribution in [2.24, 2.45) is 0 Å². The van der Waals surface area contributed by atoms with E-state index in [4.69, 9.17) is 0 Å². The van der Waals surface area contributed by atoms with Crippen LogP contribution in [-0.2, 0) is 10.0 Å². The Bertz CT molecular complexity index is 358. The molecule has 0 amide bonds. The maximum absolute atomic E-state index is 12.0. The molecule has 2 rings (SSSR count). The highest BCUT2D eigenvalue weighted by Crippen LogP contribution is 2.22. The molecule has 2 unspecified atom stereocenters. The molecule has 17 heavy (non-hydrogen) atoms. The van der Waals surface area contributed by atoms with Crippen LogP contribution in [-0.4, -0.2) is 43.6 Å². The number of fused-ring (bicyclic) bond motifs is 2. The van der Waals surface area contributed by atoms with Crippen molar-refractivity contribution in [3.8, 4) is 0 Å². The van der Waals surface area contributed by atoms with E-state index in [0.29, 0.717) is 31.6 Å². The fourth-order valence-corrected chi connectivity index (χ4v) is 4.04. The number of halogens is 1. The Hall–Kier alpha value is -0.100. The van der Waals surface area contributed by atoms with Gasteiger partial charge < -0.3 is 5.32 Å². The summed E-state index contributed by atoms with van der Waals surface area (Å²) in [6.45, 7) is 4.89. The highest BCUT2D eigenvalue weighted by atomic mass is 35.5. The number of hydrogen-bond donors (Lipinski definition) is 1. The molecule has 1 N–H and O–H groups in total. The van der Waals surface area contributed by atoms with Gasteiger partial charge in [0.25, 0.3) is 0 Å². The number of sulfonamides is 1. The van der Waals surface area contributed by atoms with Gasteiger partial charge in [0.15, 0.2) is 0 Å². The van der Waals surface area contributed by atoms with Crippen LogP contribution in [0.1, 0.15) is 25.7 Å². The van der Waals surface area contributed by atoms with E-state index in [9.17, 15) is 8.42 Å². The van der Waals surface area contributed by atoms with Crippen molar-refractivity contribution in [2.45, 2.75) is 37.8 Å². The van der Waals surface area contributed by atoms with Gasteiger partial charge in [0.05, 0.1) is 5.75 Å². The van der Waals surface area contributed by atoms with Crippen LogP contribution in [0.3, 0.4) is 0 Å². The second-order valence-electron chi connectivity index (χ2n) is 4.68. The van der Waals surface area contributed by atoms with Gasteiger partial charge in [-0.05, 0) is 25.7 Å². The van der Waals surface area contributed by atoms with Crippen LogP contribution in [0.15, 0.2) is 12.7 Å². The third-order valence-corrected chi connectivity index (χ3v) is 5.33. The van der Waals surface area contributed by atoms with Gasteiger partial charge in [0.2, 0.25) is 10.0 Å². The average Bonchev–Trinajstić information content (AvgIpc) is 2.54. The van der Waals surface area contributed by atoms with Crippen molar-refractivity contribution in [1.82, 2.24) is 9.62 Å². The monoisotopic (exact) mass is 280 g/mol. The lowest BCUT2D eigenvalue weighted by Gasteiger charge is -2.23. The molecular formula is C11H21ClN2O2S. The van der Waals surface area contributed by atoms with E-state index < -0.39 is 10.0 Å². The summed E-state index contributed by atoms with van der Waals surface area (Å²) in [6, 6.07) is 0.899. The third-order valence-electron chi connectivity index (χ3n) is 3.46. The van der Waals surface area contributed by atoms with Crippen LogP contribution < -0.4 is 5.32 Å². The van der Waals surface area contributed by atoms with Crippen LogP contribution in [0.5, 0.6) is 0 Å². The maximum atomic E-state index is 12.0. The van der Waals surface area contributed by atoms with Gasteiger partial charge in [-0.1, -0.05) is 6.08 Å². The molecule has 0 spiro atoms. The molecule has 100 valence electrons. The Labute approximate surface area is 110 Å². The van der Waals surface area contributed by atoms with Crippen molar-refractivity contribution in [2.75, 3.05) is 18.8 Å². The van der Waals surface area contributed by atoms with Gasteiger partial charge in [-0.2, -0.15) is 0 Å². The molecule has 2 fully saturated rings. The van der Waals surface area contributed by atoms with Gasteiger partial charge in [-0.15, -0.1) is 19.0 Å². The molecule has 6 heteroatoms. The molecule has 2 aliphatic rings. The molecular weight excluding hydrogens is 260 g/mol. The predicted molar refractivity (Wildman–Crippen MR) is 72.0 cm³/mol. The second kappa shape index (κ2) is 6.18. The van der Waals surface area contributed by atoms with E-state index in [0.717, 1.165) is 12.8 Å². The first-order valence-corrected chi connectivity index (χ1v) is 7.57. The summed E-state index contributed by atoms with van der Waals surface area (Å²) in [5.74, 6) is 0.202. The Balaban J connectivity index is 0.00000144. The summed E-state index contributed by atoms with van der Waals surface area (Å²) in [5.41, 5.74) is 0. The molecule has 2 atom stereocenters. The number of allylic oxidation sites excluding steroid dienone is 1. The minimum absolute atomic E-state index is 0. The normalized spacial score (nSPS) is 29.4. The molecule has 2 bridgehead atoms. The quantitative estimate of drug-likeness (QED) is 0.786. The molecule has 0 radical (unpaired) electrons. The average molecular weight is 281 g/mol. The van der Waals surface area contributed by atoms with Gasteiger partial charge in [0.1, 0.15) is 0 Å². The van der Waals surface area contributed by atoms with Crippen LogP contribution in [0.2, 0.25) is 0 Å². The topological polar surface area (TPSA) is 49.4 Å². The van der Waals surface area contributed by atoms with Crippen LogP contribution >= 0.6 is 12.4 Å². The van der Waals surface area contributed by atoms with Crippen molar-refractivity contribution >= 4 is 22.4 Å². The number of nitrogens with one attached hydrogen (secondary N) is 1. The number of nitrogens with zero attached hydrogens (tertiary/aromatic N) is 1. The highest BCUT2D eigenvalue weighted by molar-refractivity contribution is 7.89. The lowest BCUT2D eigenvalue weighted by atomic mass is 10.1. The van der Waals surface area contributed by atoms with Crippen molar-refractivity contribution in [3.05, 3.63) is 12.7 Å². The van der Waals surface area contributed by atoms with Crippen molar-refractivity contribution < 1.29 is 8.42 Å². The molecule has 0 aromatic rings. The zero-order valence-corrected chi connectivity index (χ0v) is 11.6. The van der Waals surface area contributed by atoms with Gasteiger partial charge in [0, 0.05) is 25.2 Å². The van der Waals surface area contributed by atoms with E-state index >= 15 is 0 Å². The summed E-state index contributed by atoms with van der Waals surface area (Å²) in [4.78, 5) is 0. The maximum Gasteiger partial charge on any atom is 0.214 e. The minimum atomic E-state index is -3.07. The second-order valence-corrected chi connectivity index (χ2v) is 6.77. The third kappa shape index (κ3) is 3.68. The Morgan fingerprint density at radius 1 is 1.29 bits per heavy atom. The lowest BCUT2D eigenvalue weighted by Crippen LogP contribution is -2.40. The molecule has 4 nitrogen and oxygen atoms in total. The first kappa shape index (κ1) is 15.0. The van der Waals surface area contributed by atoms with E-state index in [1.54, 1.807) is 10.4 Å². The fraction of sp³-hybridized carbons (Fsp3) is 0.818. The molecule has 0 aliphatic carbocycles. The Kier molecular flexibility index (Phi) is 5.44. The van der Waals surface area contributed by atoms with E-state index in [1.165, 1.54) is 6.42 Å².